The third kappa shape index (κ3) is 6.32. The molecule has 0 saturated heterocycles. The summed E-state index contributed by atoms with van der Waals surface area (Å²) in [6, 6.07) is 11.4. The van der Waals surface area contributed by atoms with E-state index in [0.717, 1.165) is 12.1 Å². The molecule has 0 bridgehead atoms. The summed E-state index contributed by atoms with van der Waals surface area (Å²) < 4.78 is 21.9. The van der Waals surface area contributed by atoms with Crippen LogP contribution in [0.2, 0.25) is 0 Å². The molecule has 4 aromatic rings. The average Bonchev–Trinajstić information content (AvgIpc) is 2.86. The number of aliphatic hydroxyl groups is 1. The molecule has 4 rings (SSSR count). The van der Waals surface area contributed by atoms with E-state index >= 15 is 0 Å². The Labute approximate surface area is 224 Å². The minimum atomic E-state index is -1.12. The predicted molar refractivity (Wildman–Crippen MR) is 123 cm³/mol. The molecule has 0 aliphatic carbocycles. The van der Waals surface area contributed by atoms with Crippen molar-refractivity contribution < 1.29 is 62.6 Å². The van der Waals surface area contributed by atoms with Crippen molar-refractivity contribution in [2.75, 3.05) is 13.2 Å². The minimum absolute atomic E-state index is 0. The molecule has 2 aromatic heterocycles. The Hall–Kier alpha value is -3.64. The molecule has 36 heavy (non-hydrogen) atoms. The average molecular weight is 504 g/mol. The molecule has 2 aromatic carbocycles. The number of hydrogen-bond acceptors (Lipinski definition) is 11. The number of carbonyl (C=O) groups is 1. The zero-order valence-electron chi connectivity index (χ0n) is 19.1. The van der Waals surface area contributed by atoms with Gasteiger partial charge < -0.3 is 33.0 Å². The second kappa shape index (κ2) is 12.9. The standard InChI is InChI=1S/C24H17O9.Na.O2/c1-13(26)22-9-17(29)24-19(5-3-7-21(24)33-22)31-12-14(27)11-30-18-4-2-6-20-23(18)16(28)8-15(10-25)32-20;;1-2/h2-9,14,27H,11-12H2,1H3;;/q-1;+1;. The van der Waals surface area contributed by atoms with E-state index in [1.165, 1.54) is 37.5 Å². The van der Waals surface area contributed by atoms with Gasteiger partial charge in [0.05, 0.1) is 5.39 Å². The van der Waals surface area contributed by atoms with Gasteiger partial charge in [0.15, 0.2) is 17.0 Å². The third-order valence-electron chi connectivity index (χ3n) is 4.74. The van der Waals surface area contributed by atoms with Crippen LogP contribution in [0.25, 0.3) is 21.9 Å². The zero-order chi connectivity index (χ0) is 25.5. The minimum Gasteiger partial charge on any atom is -0.491 e. The van der Waals surface area contributed by atoms with Gasteiger partial charge in [0.1, 0.15) is 52.8 Å². The molecular formula is C24H17NaO11. The molecule has 0 amide bonds. The smallest absolute Gasteiger partial charge is 0.491 e. The largest absolute Gasteiger partial charge is 1.00 e. The molecule has 12 heteroatoms. The van der Waals surface area contributed by atoms with Crippen LogP contribution in [0.1, 0.15) is 23.2 Å². The van der Waals surface area contributed by atoms with Crippen LogP contribution in [0.4, 0.5) is 0 Å². The Balaban J connectivity index is 0.00000148. The van der Waals surface area contributed by atoms with Crippen LogP contribution in [-0.4, -0.2) is 36.5 Å². The van der Waals surface area contributed by atoms with Gasteiger partial charge in [0, 0.05) is 35.0 Å². The number of aliphatic hydroxyl groups excluding tert-OH is 1. The van der Waals surface area contributed by atoms with Crippen LogP contribution < -0.4 is 49.9 Å². The quantitative estimate of drug-likeness (QED) is 0.186. The van der Waals surface area contributed by atoms with Crippen LogP contribution in [0.5, 0.6) is 11.5 Å². The molecule has 2 heterocycles. The first kappa shape index (κ1) is 28.6. The molecule has 1 atom stereocenters. The van der Waals surface area contributed by atoms with Crippen molar-refractivity contribution >= 4 is 34.0 Å². The SMILES string of the molecule is CC(=O)c1cc(=O)c2c(OCC(O)COc3cccc4oc([C-]=O)cc(=O)c34)cccc2o1.O=O.[Na+]. The Bertz CT molecular complexity index is 1510. The Morgan fingerprint density at radius 3 is 1.92 bits per heavy atom. The van der Waals surface area contributed by atoms with Crippen molar-refractivity contribution in [3.8, 4) is 11.5 Å². The third-order valence-corrected chi connectivity index (χ3v) is 4.74. The van der Waals surface area contributed by atoms with E-state index in [1.54, 1.807) is 12.1 Å². The summed E-state index contributed by atoms with van der Waals surface area (Å²) in [6.07, 6.45) is 0.410. The number of hydrogen-bond donors (Lipinski definition) is 1. The Kier molecular flexibility index (Phi) is 10.2. The molecule has 11 nitrogen and oxygen atoms in total. The van der Waals surface area contributed by atoms with Crippen molar-refractivity contribution in [2.45, 2.75) is 13.0 Å². The van der Waals surface area contributed by atoms with Gasteiger partial charge in [-0.3, -0.25) is 9.59 Å². The monoisotopic (exact) mass is 504 g/mol. The van der Waals surface area contributed by atoms with Gasteiger partial charge in [0.25, 0.3) is 0 Å². The van der Waals surface area contributed by atoms with Gasteiger partial charge >= 0.3 is 29.6 Å². The summed E-state index contributed by atoms with van der Waals surface area (Å²) in [5, 5.41) is 10.6. The van der Waals surface area contributed by atoms with Crippen LogP contribution in [0.3, 0.4) is 0 Å². The van der Waals surface area contributed by atoms with Gasteiger partial charge in [0.2, 0.25) is 0 Å². The maximum Gasteiger partial charge on any atom is 1.00 e. The van der Waals surface area contributed by atoms with Gasteiger partial charge in [-0.1, -0.05) is 12.1 Å². The first-order chi connectivity index (χ1) is 16.9. The Morgan fingerprint density at radius 2 is 1.42 bits per heavy atom. The van der Waals surface area contributed by atoms with Crippen molar-refractivity contribution in [1.29, 1.82) is 0 Å². The van der Waals surface area contributed by atoms with Crippen molar-refractivity contribution in [3.63, 3.8) is 0 Å². The van der Waals surface area contributed by atoms with Crippen molar-refractivity contribution in [3.05, 3.63) is 90.4 Å². The topological polar surface area (TPSA) is 167 Å². The molecule has 0 radical (unpaired) electrons. The molecule has 0 fully saturated rings. The van der Waals surface area contributed by atoms with E-state index in [4.69, 9.17) is 28.2 Å². The van der Waals surface area contributed by atoms with E-state index in [2.05, 4.69) is 0 Å². The summed E-state index contributed by atoms with van der Waals surface area (Å²) in [5.41, 5.74) is -0.595. The summed E-state index contributed by atoms with van der Waals surface area (Å²) in [5.74, 6) is -0.320. The van der Waals surface area contributed by atoms with Gasteiger partial charge in [-0.05, 0) is 24.3 Å². The fraction of sp³-hybridized carbons (Fsp3) is 0.167. The maximum absolute atomic E-state index is 12.4. The molecule has 0 aliphatic heterocycles. The van der Waals surface area contributed by atoms with Gasteiger partial charge in [-0.25, -0.2) is 0 Å². The maximum atomic E-state index is 12.4. The van der Waals surface area contributed by atoms with Gasteiger partial charge in [-0.15, -0.1) is 6.07 Å². The van der Waals surface area contributed by atoms with Crippen LogP contribution in [0.15, 0.2) is 67.0 Å². The van der Waals surface area contributed by atoms with E-state index in [1.807, 2.05) is 0 Å². The number of ketones is 1. The fourth-order valence-electron chi connectivity index (χ4n) is 3.24. The number of ether oxygens (including phenoxy) is 2. The summed E-state index contributed by atoms with van der Waals surface area (Å²) in [7, 11) is 0. The molecule has 0 aliphatic rings. The molecule has 180 valence electrons. The summed E-state index contributed by atoms with van der Waals surface area (Å²) in [4.78, 5) is 61.0. The molecule has 1 unspecified atom stereocenters. The second-order valence-electron chi connectivity index (χ2n) is 7.14. The number of Topliss-reactive ketones (excluding diaryl/α,β-unsaturated/α-hetero) is 1. The molecular weight excluding hydrogens is 487 g/mol. The number of rotatable bonds is 8. The Morgan fingerprint density at radius 1 is 0.917 bits per heavy atom. The van der Waals surface area contributed by atoms with Gasteiger partial charge in [-0.2, -0.15) is 0 Å². The first-order valence-corrected chi connectivity index (χ1v) is 10.0. The zero-order valence-corrected chi connectivity index (χ0v) is 21.1. The first-order valence-electron chi connectivity index (χ1n) is 10.0. The number of carbonyl (C=O) groups excluding carboxylic acids is 2. The summed E-state index contributed by atoms with van der Waals surface area (Å²) >= 11 is 0. The number of benzene rings is 2. The van der Waals surface area contributed by atoms with Crippen LogP contribution >= 0.6 is 0 Å². The molecule has 1 N–H and O–H groups in total. The van der Waals surface area contributed by atoms with Crippen LogP contribution in [0, 0.1) is 9.93 Å². The molecule has 0 spiro atoms. The fourth-order valence-corrected chi connectivity index (χ4v) is 3.24. The second-order valence-corrected chi connectivity index (χ2v) is 7.14. The number of fused-ring (bicyclic) bond motifs is 2. The van der Waals surface area contributed by atoms with E-state index in [0.29, 0.717) is 0 Å². The van der Waals surface area contributed by atoms with Crippen LogP contribution in [-0.2, 0) is 4.79 Å². The van der Waals surface area contributed by atoms with E-state index < -0.39 is 17.0 Å². The van der Waals surface area contributed by atoms with E-state index in [-0.39, 0.29) is 93.5 Å². The van der Waals surface area contributed by atoms with E-state index in [9.17, 15) is 24.3 Å². The predicted octanol–water partition coefficient (Wildman–Crippen LogP) is -0.550. The normalized spacial score (nSPS) is 11.1. The molecule has 0 saturated carbocycles. The van der Waals surface area contributed by atoms with Crippen molar-refractivity contribution in [2.24, 2.45) is 0 Å². The summed E-state index contributed by atoms with van der Waals surface area (Å²) in [6.45, 7) is 0.838. The van der Waals surface area contributed by atoms with Crippen molar-refractivity contribution in [1.82, 2.24) is 0 Å².